The number of hydrogen-bond acceptors (Lipinski definition) is 12. The van der Waals surface area contributed by atoms with Crippen LogP contribution in [-0.2, 0) is 37.1 Å². The second-order valence-electron chi connectivity index (χ2n) is 12.3. The number of nitrogens with zero attached hydrogens (tertiary/aromatic N) is 6. The standard InChI is InChI=1S/C32H30FN9O7S2/c1-32(2,30(47)48)49-38-23(26-37-31(36)51-39-26)22(43)10-19-27(44)42-24(29(45)46)18(14-50-28(19)42)12-40-7-6-21-17(11-40)5-8-41(21)13-16-4-3-15(25(34)35)9-20(16)33/h3-9,11,19,28H,10,12-14H2,1-2H3,(H6-,34,35,36,37,39,45,46,47,48)/p+1/b38-23+/t19-,28-/m1/s1. The maximum absolute atomic E-state index is 14.7. The van der Waals surface area contributed by atoms with Crippen molar-refractivity contribution in [1.29, 1.82) is 5.41 Å². The van der Waals surface area contributed by atoms with Crippen LogP contribution in [0.5, 0.6) is 0 Å². The topological polar surface area (TPSA) is 244 Å². The van der Waals surface area contributed by atoms with Gasteiger partial charge in [-0.05, 0) is 26.0 Å². The zero-order valence-electron chi connectivity index (χ0n) is 27.1. The number of carbonyl (C=O) groups excluding carboxylic acids is 2. The number of pyridine rings is 1. The lowest BCUT2D eigenvalue weighted by Crippen LogP contribution is -2.62. The molecule has 6 rings (SSSR count). The van der Waals surface area contributed by atoms with Gasteiger partial charge in [-0.2, -0.15) is 9.36 Å². The Hall–Kier alpha value is -5.69. The van der Waals surface area contributed by atoms with E-state index in [0.717, 1.165) is 22.4 Å². The van der Waals surface area contributed by atoms with Gasteiger partial charge in [-0.1, -0.05) is 17.3 Å². The van der Waals surface area contributed by atoms with Gasteiger partial charge < -0.3 is 31.1 Å². The summed E-state index contributed by atoms with van der Waals surface area (Å²) in [5.41, 5.74) is 10.8. The number of fused-ring (bicyclic) bond motifs is 2. The minimum atomic E-state index is -1.79. The van der Waals surface area contributed by atoms with Gasteiger partial charge >= 0.3 is 11.9 Å². The summed E-state index contributed by atoms with van der Waals surface area (Å²) in [6.07, 6.45) is 5.03. The number of aromatic nitrogens is 4. The number of aliphatic carboxylic acids is 2. The van der Waals surface area contributed by atoms with Crippen LogP contribution in [0.3, 0.4) is 0 Å². The molecular formula is C32H31FN9O7S2+. The van der Waals surface area contributed by atoms with E-state index in [1.54, 1.807) is 22.9 Å². The van der Waals surface area contributed by atoms with Crippen molar-refractivity contribution in [3.63, 3.8) is 0 Å². The van der Waals surface area contributed by atoms with Gasteiger partial charge in [0.15, 0.2) is 35.6 Å². The molecule has 2 atom stereocenters. The maximum Gasteiger partial charge on any atom is 0.352 e. The summed E-state index contributed by atoms with van der Waals surface area (Å²) < 4.78 is 22.3. The summed E-state index contributed by atoms with van der Waals surface area (Å²) in [4.78, 5) is 61.2. The molecule has 19 heteroatoms. The van der Waals surface area contributed by atoms with Crippen LogP contribution in [-0.4, -0.2) is 80.9 Å². The number of β-lactam (4-membered cyclic amide) rings is 1. The van der Waals surface area contributed by atoms with E-state index in [9.17, 15) is 33.8 Å². The lowest BCUT2D eigenvalue weighted by molar-refractivity contribution is -0.687. The molecule has 1 amide bonds. The van der Waals surface area contributed by atoms with Crippen molar-refractivity contribution in [2.75, 3.05) is 11.5 Å². The van der Waals surface area contributed by atoms with Crippen molar-refractivity contribution < 1.29 is 43.2 Å². The van der Waals surface area contributed by atoms with Crippen molar-refractivity contribution in [1.82, 2.24) is 18.8 Å². The highest BCUT2D eigenvalue weighted by Gasteiger charge is 2.54. The van der Waals surface area contributed by atoms with Crippen molar-refractivity contribution in [2.24, 2.45) is 16.8 Å². The van der Waals surface area contributed by atoms with Crippen LogP contribution in [0.4, 0.5) is 9.52 Å². The van der Waals surface area contributed by atoms with Gasteiger partial charge in [0, 0.05) is 52.7 Å². The average Bonchev–Trinajstić information content (AvgIpc) is 3.69. The summed E-state index contributed by atoms with van der Waals surface area (Å²) >= 11 is 2.11. The van der Waals surface area contributed by atoms with Crippen LogP contribution in [0.1, 0.15) is 37.2 Å². The summed E-state index contributed by atoms with van der Waals surface area (Å²) in [6.45, 7) is 2.88. The lowest BCUT2D eigenvalue weighted by Gasteiger charge is -2.49. The number of nitrogens with one attached hydrogen (secondary N) is 1. The summed E-state index contributed by atoms with van der Waals surface area (Å²) in [6, 6.07) is 8.09. The Bertz CT molecular complexity index is 2200. The zero-order chi connectivity index (χ0) is 36.8. The molecule has 51 heavy (non-hydrogen) atoms. The molecule has 4 aromatic rings. The highest BCUT2D eigenvalue weighted by atomic mass is 32.2. The molecule has 0 aliphatic carbocycles. The van der Waals surface area contributed by atoms with Gasteiger partial charge in [0.05, 0.1) is 28.7 Å². The molecule has 7 N–H and O–H groups in total. The van der Waals surface area contributed by atoms with E-state index in [1.165, 1.54) is 36.6 Å². The molecule has 1 aromatic carbocycles. The van der Waals surface area contributed by atoms with Gasteiger partial charge in [-0.3, -0.25) is 19.9 Å². The summed E-state index contributed by atoms with van der Waals surface area (Å²) in [7, 11) is 0. The smallest absolute Gasteiger partial charge is 0.352 e. The fourth-order valence-electron chi connectivity index (χ4n) is 5.66. The third kappa shape index (κ3) is 6.89. The first kappa shape index (κ1) is 35.1. The Labute approximate surface area is 296 Å². The van der Waals surface area contributed by atoms with E-state index in [0.29, 0.717) is 16.7 Å². The Morgan fingerprint density at radius 2 is 2.00 bits per heavy atom. The number of amidine groups is 1. The molecule has 0 unspecified atom stereocenters. The van der Waals surface area contributed by atoms with E-state index in [1.807, 2.05) is 29.1 Å². The minimum Gasteiger partial charge on any atom is -0.478 e. The Morgan fingerprint density at radius 3 is 2.65 bits per heavy atom. The van der Waals surface area contributed by atoms with Crippen LogP contribution in [0.15, 0.2) is 65.3 Å². The molecule has 3 aromatic heterocycles. The number of benzene rings is 1. The predicted molar refractivity (Wildman–Crippen MR) is 183 cm³/mol. The van der Waals surface area contributed by atoms with Crippen molar-refractivity contribution in [3.8, 4) is 0 Å². The number of nitrogen functional groups attached to an aromatic ring is 2. The maximum atomic E-state index is 14.7. The largest absolute Gasteiger partial charge is 0.478 e. The number of carboxylic acids is 2. The number of Topliss-reactive ketones (excluding diaryl/α,β-unsaturated/α-hetero) is 1. The molecule has 5 heterocycles. The third-order valence-electron chi connectivity index (χ3n) is 8.41. The highest BCUT2D eigenvalue weighted by molar-refractivity contribution is 8.00. The van der Waals surface area contributed by atoms with Crippen LogP contribution < -0.4 is 16.0 Å². The van der Waals surface area contributed by atoms with Crippen LogP contribution in [0.25, 0.3) is 10.9 Å². The van der Waals surface area contributed by atoms with E-state index in [-0.39, 0.29) is 47.8 Å². The van der Waals surface area contributed by atoms with E-state index < -0.39 is 52.1 Å². The van der Waals surface area contributed by atoms with Crippen LogP contribution in [0, 0.1) is 17.1 Å². The number of thioether (sulfide) groups is 1. The van der Waals surface area contributed by atoms with Crippen molar-refractivity contribution >= 4 is 74.5 Å². The van der Waals surface area contributed by atoms with Gasteiger partial charge in [0.2, 0.25) is 17.3 Å². The quantitative estimate of drug-likeness (QED) is 0.0435. The number of oxime groups is 1. The number of carboxylic acid groups (broad SMARTS) is 2. The molecule has 0 saturated carbocycles. The molecule has 1 saturated heterocycles. The molecule has 1 fully saturated rings. The number of hydrogen-bond donors (Lipinski definition) is 5. The normalized spacial score (nSPS) is 17.7. The molecule has 0 radical (unpaired) electrons. The van der Waals surface area contributed by atoms with Crippen molar-refractivity contribution in [3.05, 3.63) is 83.0 Å². The molecule has 264 valence electrons. The second-order valence-corrected chi connectivity index (χ2v) is 14.2. The number of rotatable bonds is 13. The number of anilines is 1. The first-order chi connectivity index (χ1) is 24.1. The first-order valence-corrected chi connectivity index (χ1v) is 17.1. The average molecular weight is 737 g/mol. The number of halogens is 1. The second kappa shape index (κ2) is 13.6. The third-order valence-corrected chi connectivity index (χ3v) is 10.3. The molecular weight excluding hydrogens is 706 g/mol. The Kier molecular flexibility index (Phi) is 9.34. The van der Waals surface area contributed by atoms with Gasteiger partial charge in [-0.25, -0.2) is 18.5 Å². The summed E-state index contributed by atoms with van der Waals surface area (Å²) in [5, 5.41) is 31.0. The lowest BCUT2D eigenvalue weighted by atomic mass is 9.89. The number of amides is 1. The van der Waals surface area contributed by atoms with Gasteiger partial charge in [-0.15, -0.1) is 11.8 Å². The fraction of sp³-hybridized carbons (Fsp3) is 0.281. The van der Waals surface area contributed by atoms with Crippen molar-refractivity contribution in [2.45, 2.75) is 44.3 Å². The minimum absolute atomic E-state index is 0.0303. The summed E-state index contributed by atoms with van der Waals surface area (Å²) in [5.74, 6) is -5.39. The Morgan fingerprint density at radius 1 is 1.24 bits per heavy atom. The van der Waals surface area contributed by atoms with Crippen LogP contribution in [0.2, 0.25) is 0 Å². The van der Waals surface area contributed by atoms with E-state index >= 15 is 0 Å². The number of ketones is 1. The Balaban J connectivity index is 1.18. The monoisotopic (exact) mass is 736 g/mol. The zero-order valence-corrected chi connectivity index (χ0v) is 28.7. The van der Waals surface area contributed by atoms with Gasteiger partial charge in [0.25, 0.3) is 0 Å². The molecule has 0 bridgehead atoms. The van der Waals surface area contributed by atoms with Gasteiger partial charge in [0.1, 0.15) is 17.3 Å². The highest BCUT2D eigenvalue weighted by Crippen LogP contribution is 2.45. The fourth-order valence-corrected chi connectivity index (χ4v) is 7.49. The predicted octanol–water partition coefficient (Wildman–Crippen LogP) is 1.95. The SMILES string of the molecule is CC(C)(O/N=C(\C(=O)C[C@@H]1C(=O)N2C(C(=O)O)=C(C[n+]3ccc4c(ccn4Cc4ccc(C(=N)N)cc4F)c3)CS[C@H]12)c1nsc(N)n1)C(=O)O. The molecule has 0 spiro atoms. The van der Waals surface area contributed by atoms with Crippen LogP contribution >= 0.6 is 23.3 Å². The number of nitrogens with two attached hydrogens (primary N) is 2. The molecule has 16 nitrogen and oxygen atoms in total. The van der Waals surface area contributed by atoms with E-state index in [2.05, 4.69) is 14.5 Å². The molecule has 2 aliphatic rings. The van der Waals surface area contributed by atoms with E-state index in [4.69, 9.17) is 21.7 Å². The molecule has 2 aliphatic heterocycles. The number of carbonyl (C=O) groups is 4. The first-order valence-electron chi connectivity index (χ1n) is 15.3.